The van der Waals surface area contributed by atoms with Crippen LogP contribution in [0.1, 0.15) is 26.6 Å². The van der Waals surface area contributed by atoms with Crippen LogP contribution in [0.25, 0.3) is 0 Å². The van der Waals surface area contributed by atoms with Crippen molar-refractivity contribution in [3.8, 4) is 0 Å². The number of aryl methyl sites for hydroxylation is 2. The molecule has 1 fully saturated rings. The quantitative estimate of drug-likeness (QED) is 0.506. The summed E-state index contributed by atoms with van der Waals surface area (Å²) < 4.78 is 0. The summed E-state index contributed by atoms with van der Waals surface area (Å²) in [5.74, 6) is 2.00. The van der Waals surface area contributed by atoms with Crippen molar-refractivity contribution < 1.29 is 9.90 Å². The van der Waals surface area contributed by atoms with Crippen LogP contribution in [0, 0.1) is 13.8 Å². The number of aliphatic hydroxyl groups is 1. The molecule has 0 atom stereocenters. The van der Waals surface area contributed by atoms with Crippen molar-refractivity contribution in [2.24, 2.45) is 0 Å². The normalized spacial score (nSPS) is 14.6. The van der Waals surface area contributed by atoms with Crippen LogP contribution in [0.3, 0.4) is 0 Å². The summed E-state index contributed by atoms with van der Waals surface area (Å²) >= 11 is 7.52. The van der Waals surface area contributed by atoms with E-state index < -0.39 is 0 Å². The van der Waals surface area contributed by atoms with Crippen molar-refractivity contribution in [2.75, 3.05) is 49.5 Å². The van der Waals surface area contributed by atoms with Crippen LogP contribution in [0.15, 0.2) is 30.5 Å². The molecule has 0 unspecified atom stereocenters. The molecule has 0 amide bonds. The molecule has 10 heteroatoms. The average molecular weight is 473 g/mol. The molecule has 3 heterocycles. The molecule has 3 aromatic rings. The number of nitrogens with zero attached hydrogens (tertiary/aromatic N) is 5. The summed E-state index contributed by atoms with van der Waals surface area (Å²) in [5, 5.41) is 13.4. The zero-order valence-corrected chi connectivity index (χ0v) is 19.6. The Morgan fingerprint density at radius 3 is 2.72 bits per heavy atom. The number of halogens is 1. The molecule has 4 rings (SSSR count). The van der Waals surface area contributed by atoms with E-state index in [0.717, 1.165) is 37.6 Å². The maximum atomic E-state index is 12.9. The monoisotopic (exact) mass is 472 g/mol. The highest BCUT2D eigenvalue weighted by Gasteiger charge is 2.20. The van der Waals surface area contributed by atoms with Crippen molar-refractivity contribution in [3.63, 3.8) is 0 Å². The van der Waals surface area contributed by atoms with Gasteiger partial charge in [0.1, 0.15) is 17.5 Å². The van der Waals surface area contributed by atoms with E-state index in [1.54, 1.807) is 12.3 Å². The number of carbonyl (C=O) groups excluding carboxylic acids is 1. The molecule has 0 saturated carbocycles. The number of anilines is 3. The third-order valence-electron chi connectivity index (χ3n) is 5.35. The Morgan fingerprint density at radius 2 is 2.00 bits per heavy atom. The zero-order chi connectivity index (χ0) is 22.7. The van der Waals surface area contributed by atoms with Gasteiger partial charge in [-0.3, -0.25) is 9.69 Å². The first kappa shape index (κ1) is 22.6. The van der Waals surface area contributed by atoms with Gasteiger partial charge in [-0.1, -0.05) is 35.1 Å². The Hall–Kier alpha value is -2.59. The molecule has 1 aromatic carbocycles. The molecule has 0 spiro atoms. The first-order valence-corrected chi connectivity index (χ1v) is 11.6. The van der Waals surface area contributed by atoms with Gasteiger partial charge in [0.2, 0.25) is 5.78 Å². The van der Waals surface area contributed by atoms with Crippen LogP contribution in [0.4, 0.5) is 16.8 Å². The van der Waals surface area contributed by atoms with Crippen molar-refractivity contribution in [2.45, 2.75) is 13.8 Å². The van der Waals surface area contributed by atoms with Crippen LogP contribution < -0.4 is 10.2 Å². The molecule has 2 aromatic heterocycles. The van der Waals surface area contributed by atoms with E-state index in [4.69, 9.17) is 16.7 Å². The first-order chi connectivity index (χ1) is 15.4. The summed E-state index contributed by atoms with van der Waals surface area (Å²) in [4.78, 5) is 31.3. The summed E-state index contributed by atoms with van der Waals surface area (Å²) in [7, 11) is 0. The van der Waals surface area contributed by atoms with Crippen LogP contribution in [-0.4, -0.2) is 70.1 Å². The molecule has 168 valence electrons. The lowest BCUT2D eigenvalue weighted by atomic mass is 10.0. The van der Waals surface area contributed by atoms with Gasteiger partial charge in [0.25, 0.3) is 0 Å². The number of benzene rings is 1. The van der Waals surface area contributed by atoms with Crippen molar-refractivity contribution in [1.29, 1.82) is 0 Å². The number of thiazole rings is 1. The predicted molar refractivity (Wildman–Crippen MR) is 128 cm³/mol. The lowest BCUT2D eigenvalue weighted by Gasteiger charge is -2.35. The number of nitrogens with one attached hydrogen (secondary N) is 1. The van der Waals surface area contributed by atoms with Gasteiger partial charge in [-0.05, 0) is 25.5 Å². The minimum Gasteiger partial charge on any atom is -0.395 e. The number of ketones is 1. The summed E-state index contributed by atoms with van der Waals surface area (Å²) in [6.07, 6.45) is 1.56. The lowest BCUT2D eigenvalue weighted by molar-refractivity contribution is 0.104. The van der Waals surface area contributed by atoms with Gasteiger partial charge in [-0.25, -0.2) is 15.0 Å². The smallest absolute Gasteiger partial charge is 0.206 e. The molecular weight excluding hydrogens is 448 g/mol. The predicted octanol–water partition coefficient (Wildman–Crippen LogP) is 3.29. The lowest BCUT2D eigenvalue weighted by Crippen LogP contribution is -2.47. The Bertz CT molecular complexity index is 1090. The van der Waals surface area contributed by atoms with E-state index in [1.165, 1.54) is 11.3 Å². The van der Waals surface area contributed by atoms with E-state index in [0.29, 0.717) is 38.8 Å². The fourth-order valence-corrected chi connectivity index (χ4v) is 4.79. The summed E-state index contributed by atoms with van der Waals surface area (Å²) in [5.41, 5.74) is 1.34. The van der Waals surface area contributed by atoms with Gasteiger partial charge >= 0.3 is 0 Å². The molecule has 1 saturated heterocycles. The fraction of sp³-hybridized carbons (Fsp3) is 0.364. The standard InChI is InChI=1S/C22H25ClN6O2S/c1-14-4-3-5-16(23)20(14)21(31)17-13-24-22(32-17)27-18-12-19(26-15(2)25-18)29-8-6-28(7-9-29)10-11-30/h3-5,12-13,30H,6-11H2,1-2H3,(H,24,25,26,27). The minimum absolute atomic E-state index is 0.140. The highest BCUT2D eigenvalue weighted by atomic mass is 35.5. The highest BCUT2D eigenvalue weighted by molar-refractivity contribution is 7.17. The van der Waals surface area contributed by atoms with Gasteiger partial charge in [-0.2, -0.15) is 0 Å². The number of hydrogen-bond donors (Lipinski definition) is 2. The molecule has 2 N–H and O–H groups in total. The second-order valence-electron chi connectivity index (χ2n) is 7.63. The van der Waals surface area contributed by atoms with Crippen molar-refractivity contribution in [1.82, 2.24) is 19.9 Å². The summed E-state index contributed by atoms with van der Waals surface area (Å²) in [6.45, 7) is 8.03. The molecule has 0 aliphatic carbocycles. The maximum Gasteiger partial charge on any atom is 0.206 e. The van der Waals surface area contributed by atoms with Gasteiger partial charge in [0.15, 0.2) is 5.13 Å². The summed E-state index contributed by atoms with van der Waals surface area (Å²) in [6, 6.07) is 7.32. The Morgan fingerprint density at radius 1 is 1.22 bits per heavy atom. The van der Waals surface area contributed by atoms with Gasteiger partial charge in [0, 0.05) is 44.4 Å². The molecule has 1 aliphatic rings. The number of β-amino-alcohol motifs (C(OH)–C–C–N with tert-alkyl or cyclic N) is 1. The van der Waals surface area contributed by atoms with E-state index in [2.05, 4.69) is 30.1 Å². The van der Waals surface area contributed by atoms with E-state index in [1.807, 2.05) is 32.0 Å². The topological polar surface area (TPSA) is 94.5 Å². The fourth-order valence-electron chi connectivity index (χ4n) is 3.71. The SMILES string of the molecule is Cc1nc(Nc2ncc(C(=O)c3c(C)cccc3Cl)s2)cc(N2CCN(CCO)CC2)n1. The maximum absolute atomic E-state index is 12.9. The third kappa shape index (κ3) is 5.07. The number of carbonyl (C=O) groups is 1. The van der Waals surface area contributed by atoms with E-state index in [9.17, 15) is 4.79 Å². The van der Waals surface area contributed by atoms with Crippen LogP contribution >= 0.6 is 22.9 Å². The Kier molecular flexibility index (Phi) is 7.00. The largest absolute Gasteiger partial charge is 0.395 e. The molecule has 0 bridgehead atoms. The molecule has 8 nitrogen and oxygen atoms in total. The third-order valence-corrected chi connectivity index (χ3v) is 6.58. The number of hydrogen-bond acceptors (Lipinski definition) is 9. The second kappa shape index (κ2) is 9.91. The van der Waals surface area contributed by atoms with E-state index >= 15 is 0 Å². The van der Waals surface area contributed by atoms with Crippen molar-refractivity contribution in [3.05, 3.63) is 57.3 Å². The van der Waals surface area contributed by atoms with E-state index in [-0.39, 0.29) is 12.4 Å². The first-order valence-electron chi connectivity index (χ1n) is 10.4. The van der Waals surface area contributed by atoms with Crippen molar-refractivity contribution >= 4 is 45.5 Å². The molecule has 0 radical (unpaired) electrons. The number of aromatic nitrogens is 3. The molecule has 1 aliphatic heterocycles. The number of rotatable bonds is 7. The van der Waals surface area contributed by atoms with Gasteiger partial charge in [-0.15, -0.1) is 0 Å². The number of aliphatic hydroxyl groups excluding tert-OH is 1. The van der Waals surface area contributed by atoms with Crippen LogP contribution in [-0.2, 0) is 0 Å². The Balaban J connectivity index is 1.48. The van der Waals surface area contributed by atoms with Crippen LogP contribution in [0.2, 0.25) is 5.02 Å². The Labute approximate surface area is 195 Å². The average Bonchev–Trinajstić information content (AvgIpc) is 3.22. The van der Waals surface area contributed by atoms with Gasteiger partial charge in [0.05, 0.1) is 22.7 Å². The number of piperazine rings is 1. The van der Waals surface area contributed by atoms with Gasteiger partial charge < -0.3 is 15.3 Å². The second-order valence-corrected chi connectivity index (χ2v) is 9.06. The minimum atomic E-state index is -0.140. The highest BCUT2D eigenvalue weighted by Crippen LogP contribution is 2.29. The molecule has 32 heavy (non-hydrogen) atoms. The molecular formula is C22H25ClN6O2S. The van der Waals surface area contributed by atoms with Crippen LogP contribution in [0.5, 0.6) is 0 Å². The zero-order valence-electron chi connectivity index (χ0n) is 18.0.